The van der Waals surface area contributed by atoms with E-state index in [1.165, 1.54) is 6.26 Å². The van der Waals surface area contributed by atoms with Crippen LogP contribution in [-0.2, 0) is 10.2 Å². The topological polar surface area (TPSA) is 87.7 Å². The van der Waals surface area contributed by atoms with Crippen molar-refractivity contribution < 1.29 is 24.2 Å². The third-order valence-electron chi connectivity index (χ3n) is 7.52. The molecule has 1 saturated carbocycles. The quantitative estimate of drug-likeness (QED) is 0.757. The highest BCUT2D eigenvalue weighted by Crippen LogP contribution is 2.61. The molecule has 5 nitrogen and oxygen atoms in total. The lowest BCUT2D eigenvalue weighted by atomic mass is 9.53. The Hall–Kier alpha value is -1.72. The van der Waals surface area contributed by atoms with Crippen molar-refractivity contribution in [2.24, 2.45) is 11.3 Å². The van der Waals surface area contributed by atoms with Gasteiger partial charge >= 0.3 is 0 Å². The summed E-state index contributed by atoms with van der Waals surface area (Å²) in [6, 6.07) is 0. The van der Waals surface area contributed by atoms with Gasteiger partial charge in [0.25, 0.3) is 0 Å². The Bertz CT molecular complexity index is 861. The summed E-state index contributed by atoms with van der Waals surface area (Å²) < 4.78 is 5.60. The molecule has 0 unspecified atom stereocenters. The maximum Gasteiger partial charge on any atom is 0.224 e. The highest BCUT2D eigenvalue weighted by atomic mass is 16.3. The molecule has 5 rings (SSSR count). The number of carbonyl (C=O) groups is 2. The fourth-order valence-electron chi connectivity index (χ4n) is 5.95. The minimum Gasteiger partial charge on any atom is -0.460 e. The molecule has 1 aromatic rings. The normalized spacial score (nSPS) is 42.3. The SMILES string of the molecule is C[C@]12CCC3=C(C(=O)c4occ5c4[C@]3(C)[C@@H](O)C[C@@H]5O)[C@@H]1CCC2=O. The zero-order chi connectivity index (χ0) is 17.7. The number of furan rings is 1. The highest BCUT2D eigenvalue weighted by molar-refractivity contribution is 6.12. The summed E-state index contributed by atoms with van der Waals surface area (Å²) in [5.41, 5.74) is 1.76. The van der Waals surface area contributed by atoms with Crippen LogP contribution in [0, 0.1) is 11.3 Å². The fraction of sp³-hybridized carbons (Fsp3) is 0.600. The Balaban J connectivity index is 1.79. The van der Waals surface area contributed by atoms with E-state index < -0.39 is 23.0 Å². The molecule has 25 heavy (non-hydrogen) atoms. The average Bonchev–Trinajstić information content (AvgIpc) is 3.14. The van der Waals surface area contributed by atoms with Crippen LogP contribution in [0.15, 0.2) is 21.8 Å². The van der Waals surface area contributed by atoms with Crippen LogP contribution in [-0.4, -0.2) is 27.9 Å². The van der Waals surface area contributed by atoms with Crippen molar-refractivity contribution in [3.63, 3.8) is 0 Å². The third kappa shape index (κ3) is 1.57. The largest absolute Gasteiger partial charge is 0.460 e. The van der Waals surface area contributed by atoms with Crippen LogP contribution in [0.2, 0.25) is 0 Å². The van der Waals surface area contributed by atoms with E-state index in [9.17, 15) is 19.8 Å². The summed E-state index contributed by atoms with van der Waals surface area (Å²) in [4.78, 5) is 25.7. The standard InChI is InChI=1S/C20H22O5/c1-19-6-5-11-15(10(19)3-4-13(19)22)17(24)18-16-9(8-25-18)12(21)7-14(23)20(11,16)2/h8,10,12,14,21,23H,3-7H2,1-2H3/t10-,12-,14-,19-,20-/m0/s1. The van der Waals surface area contributed by atoms with E-state index >= 15 is 0 Å². The predicted octanol–water partition coefficient (Wildman–Crippen LogP) is 2.61. The van der Waals surface area contributed by atoms with Crippen molar-refractivity contribution in [1.82, 2.24) is 0 Å². The van der Waals surface area contributed by atoms with E-state index in [4.69, 9.17) is 4.42 Å². The van der Waals surface area contributed by atoms with E-state index in [0.717, 1.165) is 12.0 Å². The van der Waals surface area contributed by atoms with Crippen LogP contribution in [0.5, 0.6) is 0 Å². The zero-order valence-corrected chi connectivity index (χ0v) is 14.5. The number of allylic oxidation sites excluding steroid dienone is 1. The van der Waals surface area contributed by atoms with E-state index in [1.807, 2.05) is 13.8 Å². The molecule has 0 saturated heterocycles. The van der Waals surface area contributed by atoms with Gasteiger partial charge in [0, 0.05) is 46.3 Å². The van der Waals surface area contributed by atoms with Gasteiger partial charge in [0.1, 0.15) is 5.78 Å². The van der Waals surface area contributed by atoms with Crippen molar-refractivity contribution >= 4 is 11.6 Å². The van der Waals surface area contributed by atoms with Crippen molar-refractivity contribution in [3.8, 4) is 0 Å². The molecule has 0 spiro atoms. The molecule has 1 heterocycles. The minimum absolute atomic E-state index is 0.0891. The van der Waals surface area contributed by atoms with Crippen LogP contribution in [0.3, 0.4) is 0 Å². The molecule has 0 bridgehead atoms. The molecule has 0 amide bonds. The van der Waals surface area contributed by atoms with E-state index in [-0.39, 0.29) is 29.7 Å². The van der Waals surface area contributed by atoms with Gasteiger partial charge in [0.2, 0.25) is 5.78 Å². The predicted molar refractivity (Wildman–Crippen MR) is 88.1 cm³/mol. The van der Waals surface area contributed by atoms with E-state index in [0.29, 0.717) is 36.0 Å². The van der Waals surface area contributed by atoms with Crippen molar-refractivity contribution in [2.45, 2.75) is 63.6 Å². The number of aliphatic hydroxyl groups excluding tert-OH is 2. The second-order valence-corrected chi connectivity index (χ2v) is 8.52. The molecule has 4 aliphatic carbocycles. The van der Waals surface area contributed by atoms with Gasteiger partial charge < -0.3 is 14.6 Å². The molecule has 0 radical (unpaired) electrons. The second kappa shape index (κ2) is 4.51. The van der Waals surface area contributed by atoms with Gasteiger partial charge in [-0.1, -0.05) is 6.92 Å². The number of hydrogen-bond acceptors (Lipinski definition) is 5. The molecular weight excluding hydrogens is 320 g/mol. The van der Waals surface area contributed by atoms with Gasteiger partial charge in [-0.3, -0.25) is 9.59 Å². The first-order valence-corrected chi connectivity index (χ1v) is 9.09. The molecule has 0 aliphatic heterocycles. The van der Waals surface area contributed by atoms with Crippen LogP contribution < -0.4 is 0 Å². The summed E-state index contributed by atoms with van der Waals surface area (Å²) in [6.45, 7) is 3.94. The monoisotopic (exact) mass is 342 g/mol. The lowest BCUT2D eigenvalue weighted by Crippen LogP contribution is -2.50. The molecule has 5 heteroatoms. The third-order valence-corrected chi connectivity index (χ3v) is 7.52. The smallest absolute Gasteiger partial charge is 0.224 e. The Morgan fingerprint density at radius 1 is 1.20 bits per heavy atom. The molecule has 1 fully saturated rings. The molecule has 132 valence electrons. The zero-order valence-electron chi connectivity index (χ0n) is 14.5. The van der Waals surface area contributed by atoms with E-state index in [2.05, 4.69) is 0 Å². The lowest BCUT2D eigenvalue weighted by molar-refractivity contribution is -0.126. The Labute approximate surface area is 145 Å². The molecule has 2 N–H and O–H groups in total. The number of rotatable bonds is 0. The first kappa shape index (κ1) is 15.5. The molecule has 5 atom stereocenters. The minimum atomic E-state index is -0.813. The van der Waals surface area contributed by atoms with Crippen molar-refractivity contribution in [2.75, 3.05) is 0 Å². The molecule has 4 aliphatic rings. The van der Waals surface area contributed by atoms with Crippen LogP contribution in [0.25, 0.3) is 0 Å². The number of carbonyl (C=O) groups excluding carboxylic acids is 2. The van der Waals surface area contributed by atoms with Crippen molar-refractivity contribution in [1.29, 1.82) is 0 Å². The fourth-order valence-corrected chi connectivity index (χ4v) is 5.95. The second-order valence-electron chi connectivity index (χ2n) is 8.52. The van der Waals surface area contributed by atoms with Gasteiger partial charge in [0.15, 0.2) is 5.76 Å². The summed E-state index contributed by atoms with van der Waals surface area (Å²) in [5.74, 6) is 0.250. The maximum atomic E-state index is 13.3. The summed E-state index contributed by atoms with van der Waals surface area (Å²) in [6.07, 6.45) is 2.67. The first-order chi connectivity index (χ1) is 11.8. The Morgan fingerprint density at radius 2 is 1.96 bits per heavy atom. The Kier molecular flexibility index (Phi) is 2.80. The van der Waals surface area contributed by atoms with Gasteiger partial charge in [-0.25, -0.2) is 0 Å². The number of aliphatic hydroxyl groups is 2. The van der Waals surface area contributed by atoms with Crippen LogP contribution in [0.4, 0.5) is 0 Å². The van der Waals surface area contributed by atoms with Gasteiger partial charge in [-0.2, -0.15) is 0 Å². The summed E-state index contributed by atoms with van der Waals surface area (Å²) in [5, 5.41) is 21.2. The Morgan fingerprint density at radius 3 is 2.72 bits per heavy atom. The van der Waals surface area contributed by atoms with Crippen LogP contribution >= 0.6 is 0 Å². The maximum absolute atomic E-state index is 13.3. The molecule has 1 aromatic heterocycles. The number of hydrogen-bond donors (Lipinski definition) is 2. The summed E-state index contributed by atoms with van der Waals surface area (Å²) in [7, 11) is 0. The van der Waals surface area contributed by atoms with E-state index in [1.54, 1.807) is 0 Å². The number of Topliss-reactive ketones (excluding diaryl/α,β-unsaturated/α-hetero) is 2. The van der Waals surface area contributed by atoms with Gasteiger partial charge in [0.05, 0.1) is 18.5 Å². The number of fused-ring (bicyclic) bond motifs is 3. The highest BCUT2D eigenvalue weighted by Gasteiger charge is 2.60. The first-order valence-electron chi connectivity index (χ1n) is 9.09. The average molecular weight is 342 g/mol. The molecule has 0 aromatic carbocycles. The van der Waals surface area contributed by atoms with Crippen LogP contribution in [0.1, 0.15) is 73.7 Å². The van der Waals surface area contributed by atoms with Crippen molar-refractivity contribution in [3.05, 3.63) is 34.3 Å². The summed E-state index contributed by atoms with van der Waals surface area (Å²) >= 11 is 0. The van der Waals surface area contributed by atoms with Gasteiger partial charge in [-0.05, 0) is 31.8 Å². The number of ketones is 2. The van der Waals surface area contributed by atoms with Gasteiger partial charge in [-0.15, -0.1) is 0 Å². The lowest BCUT2D eigenvalue weighted by Gasteiger charge is -2.49. The molecular formula is C20H22O5.